The van der Waals surface area contributed by atoms with Gasteiger partial charge in [-0.15, -0.1) is 0 Å². The van der Waals surface area contributed by atoms with Crippen LogP contribution in [-0.2, 0) is 0 Å². The Balaban J connectivity index is 2.18. The van der Waals surface area contributed by atoms with Gasteiger partial charge >= 0.3 is 0 Å². The molecule has 0 aromatic heterocycles. The Kier molecular flexibility index (Phi) is 3.74. The fourth-order valence-electron chi connectivity index (χ4n) is 1.75. The van der Waals surface area contributed by atoms with Gasteiger partial charge in [0.1, 0.15) is 11.6 Å². The van der Waals surface area contributed by atoms with Gasteiger partial charge in [0, 0.05) is 17.4 Å². The van der Waals surface area contributed by atoms with Crippen LogP contribution in [0.15, 0.2) is 16.6 Å². The van der Waals surface area contributed by atoms with Gasteiger partial charge in [-0.25, -0.2) is 8.78 Å². The highest BCUT2D eigenvalue weighted by Crippen LogP contribution is 2.31. The van der Waals surface area contributed by atoms with Crippen molar-refractivity contribution in [2.75, 3.05) is 11.1 Å². The number of nitrogens with one attached hydrogen (secondary N) is 1. The molecule has 1 nitrogen and oxygen atoms in total. The lowest BCUT2D eigenvalue weighted by Gasteiger charge is -2.18. The van der Waals surface area contributed by atoms with E-state index < -0.39 is 11.6 Å². The van der Waals surface area contributed by atoms with Crippen LogP contribution in [0.2, 0.25) is 0 Å². The Hall–Kier alpha value is -0.290. The monoisotopic (exact) mass is 307 g/mol. The molecule has 1 heterocycles. The molecule has 0 aliphatic carbocycles. The standard InChI is InChI=1S/C11H12BrF2NS/c1-6-10(2-3-16-6)15-11-4-7(12)8(13)5-9(11)14/h4-6,10,15H,2-3H2,1H3. The summed E-state index contributed by atoms with van der Waals surface area (Å²) in [5, 5.41) is 3.60. The van der Waals surface area contributed by atoms with E-state index in [0.29, 0.717) is 10.9 Å². The second kappa shape index (κ2) is 4.92. The molecule has 1 aromatic carbocycles. The van der Waals surface area contributed by atoms with Crippen LogP contribution < -0.4 is 5.32 Å². The maximum atomic E-state index is 13.5. The first kappa shape index (κ1) is 12.2. The number of hydrogen-bond donors (Lipinski definition) is 1. The average Bonchev–Trinajstić information content (AvgIpc) is 2.61. The summed E-state index contributed by atoms with van der Waals surface area (Å²) in [6, 6.07) is 2.62. The summed E-state index contributed by atoms with van der Waals surface area (Å²) in [6.07, 6.45) is 1.01. The molecular weight excluding hydrogens is 296 g/mol. The number of thioether (sulfide) groups is 1. The van der Waals surface area contributed by atoms with E-state index in [1.165, 1.54) is 6.07 Å². The molecule has 5 heteroatoms. The van der Waals surface area contributed by atoms with Crippen LogP contribution in [-0.4, -0.2) is 17.0 Å². The topological polar surface area (TPSA) is 12.0 Å². The summed E-state index contributed by atoms with van der Waals surface area (Å²) in [5.74, 6) is -0.0234. The van der Waals surface area contributed by atoms with E-state index >= 15 is 0 Å². The third-order valence-corrected chi connectivity index (χ3v) is 4.66. The number of anilines is 1. The van der Waals surface area contributed by atoms with E-state index in [9.17, 15) is 8.78 Å². The Morgan fingerprint density at radius 1 is 1.38 bits per heavy atom. The first-order valence-electron chi connectivity index (χ1n) is 5.10. The fourth-order valence-corrected chi connectivity index (χ4v) is 3.30. The Labute approximate surface area is 106 Å². The second-order valence-corrected chi connectivity index (χ2v) is 6.20. The molecule has 1 aliphatic rings. The van der Waals surface area contributed by atoms with Crippen molar-refractivity contribution in [3.8, 4) is 0 Å². The van der Waals surface area contributed by atoms with Gasteiger partial charge in [0.2, 0.25) is 0 Å². The number of halogens is 3. The van der Waals surface area contributed by atoms with Crippen LogP contribution in [0.4, 0.5) is 14.5 Å². The van der Waals surface area contributed by atoms with Gasteiger partial charge in [-0.3, -0.25) is 0 Å². The lowest BCUT2D eigenvalue weighted by Crippen LogP contribution is -2.25. The summed E-state index contributed by atoms with van der Waals surface area (Å²) < 4.78 is 26.8. The van der Waals surface area contributed by atoms with Crippen LogP contribution in [0.5, 0.6) is 0 Å². The molecule has 1 fully saturated rings. The van der Waals surface area contributed by atoms with Crippen molar-refractivity contribution in [2.24, 2.45) is 0 Å². The van der Waals surface area contributed by atoms with Crippen LogP contribution in [0.3, 0.4) is 0 Å². The summed E-state index contributed by atoms with van der Waals surface area (Å²) in [5.41, 5.74) is 0.368. The fraction of sp³-hybridized carbons (Fsp3) is 0.455. The van der Waals surface area contributed by atoms with E-state index in [0.717, 1.165) is 18.2 Å². The van der Waals surface area contributed by atoms with E-state index in [1.807, 2.05) is 11.8 Å². The number of hydrogen-bond acceptors (Lipinski definition) is 2. The van der Waals surface area contributed by atoms with Gasteiger partial charge in [-0.2, -0.15) is 11.8 Å². The molecule has 0 amide bonds. The van der Waals surface area contributed by atoms with Crippen LogP contribution in [0.25, 0.3) is 0 Å². The van der Waals surface area contributed by atoms with Crippen molar-refractivity contribution in [2.45, 2.75) is 24.6 Å². The summed E-state index contributed by atoms with van der Waals surface area (Å²) in [7, 11) is 0. The van der Waals surface area contributed by atoms with Crippen molar-refractivity contribution < 1.29 is 8.78 Å². The zero-order chi connectivity index (χ0) is 11.7. The Morgan fingerprint density at radius 3 is 2.75 bits per heavy atom. The van der Waals surface area contributed by atoms with E-state index in [1.54, 1.807) is 0 Å². The molecule has 1 saturated heterocycles. The van der Waals surface area contributed by atoms with Gasteiger partial charge in [-0.05, 0) is 34.2 Å². The molecule has 0 radical (unpaired) electrons. The smallest absolute Gasteiger partial charge is 0.149 e. The van der Waals surface area contributed by atoms with E-state index in [-0.39, 0.29) is 10.5 Å². The second-order valence-electron chi connectivity index (χ2n) is 3.86. The minimum atomic E-state index is -0.572. The van der Waals surface area contributed by atoms with Gasteiger partial charge < -0.3 is 5.32 Å². The molecule has 16 heavy (non-hydrogen) atoms. The van der Waals surface area contributed by atoms with Crippen molar-refractivity contribution in [3.63, 3.8) is 0 Å². The van der Waals surface area contributed by atoms with E-state index in [2.05, 4.69) is 28.2 Å². The first-order chi connectivity index (χ1) is 7.58. The first-order valence-corrected chi connectivity index (χ1v) is 6.95. The quantitative estimate of drug-likeness (QED) is 0.828. The van der Waals surface area contributed by atoms with Crippen LogP contribution >= 0.6 is 27.7 Å². The minimum absolute atomic E-state index is 0.261. The molecule has 0 bridgehead atoms. The summed E-state index contributed by atoms with van der Waals surface area (Å²) in [4.78, 5) is 0. The Morgan fingerprint density at radius 2 is 2.12 bits per heavy atom. The van der Waals surface area contributed by atoms with Crippen LogP contribution in [0, 0.1) is 11.6 Å². The highest BCUT2D eigenvalue weighted by Gasteiger charge is 2.24. The molecule has 0 saturated carbocycles. The molecule has 1 N–H and O–H groups in total. The third-order valence-electron chi connectivity index (χ3n) is 2.73. The SMILES string of the molecule is CC1SCCC1Nc1cc(Br)c(F)cc1F. The van der Waals surface area contributed by atoms with Gasteiger partial charge in [-0.1, -0.05) is 6.92 Å². The average molecular weight is 308 g/mol. The van der Waals surface area contributed by atoms with Gasteiger partial charge in [0.05, 0.1) is 10.2 Å². The third kappa shape index (κ3) is 2.51. The maximum Gasteiger partial charge on any atom is 0.149 e. The zero-order valence-corrected chi connectivity index (χ0v) is 11.2. The lowest BCUT2D eigenvalue weighted by molar-refractivity contribution is 0.578. The highest BCUT2D eigenvalue weighted by atomic mass is 79.9. The van der Waals surface area contributed by atoms with Crippen molar-refractivity contribution in [1.82, 2.24) is 0 Å². The number of benzene rings is 1. The normalized spacial score (nSPS) is 24.8. The molecular formula is C11H12BrF2NS. The zero-order valence-electron chi connectivity index (χ0n) is 8.77. The minimum Gasteiger partial charge on any atom is -0.379 e. The molecule has 88 valence electrons. The van der Waals surface area contributed by atoms with E-state index in [4.69, 9.17) is 0 Å². The molecule has 2 rings (SSSR count). The van der Waals surface area contributed by atoms with Gasteiger partial charge in [0.15, 0.2) is 0 Å². The van der Waals surface area contributed by atoms with Gasteiger partial charge in [0.25, 0.3) is 0 Å². The highest BCUT2D eigenvalue weighted by molar-refractivity contribution is 9.10. The predicted octanol–water partition coefficient (Wildman–Crippen LogP) is 4.03. The summed E-state index contributed by atoms with van der Waals surface area (Å²) >= 11 is 4.92. The largest absolute Gasteiger partial charge is 0.379 e. The van der Waals surface area contributed by atoms with Crippen molar-refractivity contribution in [3.05, 3.63) is 28.2 Å². The molecule has 1 aliphatic heterocycles. The molecule has 1 aromatic rings. The van der Waals surface area contributed by atoms with Crippen molar-refractivity contribution >= 4 is 33.4 Å². The van der Waals surface area contributed by atoms with Crippen LogP contribution in [0.1, 0.15) is 13.3 Å². The molecule has 2 atom stereocenters. The maximum absolute atomic E-state index is 13.5. The predicted molar refractivity (Wildman–Crippen MR) is 68.0 cm³/mol. The Bertz CT molecular complexity index is 400. The summed E-state index contributed by atoms with van der Waals surface area (Å²) in [6.45, 7) is 2.12. The molecule has 2 unspecified atom stereocenters. The molecule has 0 spiro atoms. The lowest BCUT2D eigenvalue weighted by atomic mass is 10.1. The van der Waals surface area contributed by atoms with Crippen molar-refractivity contribution in [1.29, 1.82) is 0 Å². The number of rotatable bonds is 2.